The van der Waals surface area contributed by atoms with Crippen LogP contribution in [0.4, 0.5) is 0 Å². The molecule has 0 aliphatic heterocycles. The monoisotopic (exact) mass is 297 g/mol. The van der Waals surface area contributed by atoms with Crippen molar-refractivity contribution < 1.29 is 9.53 Å². The minimum atomic E-state index is -0.436. The van der Waals surface area contributed by atoms with Crippen LogP contribution in [-0.4, -0.2) is 16.6 Å². The van der Waals surface area contributed by atoms with Gasteiger partial charge in [-0.2, -0.15) is 0 Å². The molecule has 0 amide bonds. The first-order valence-corrected chi connectivity index (χ1v) is 7.65. The van der Waals surface area contributed by atoms with Crippen molar-refractivity contribution in [2.45, 2.75) is 46.1 Å². The minimum absolute atomic E-state index is 0.212. The maximum absolute atomic E-state index is 11.7. The van der Waals surface area contributed by atoms with Crippen molar-refractivity contribution >= 4 is 22.9 Å². The molecule has 0 atom stereocenters. The molecule has 116 valence electrons. The number of ether oxygens (including phenoxy) is 1. The topological polar surface area (TPSA) is 39.2 Å². The van der Waals surface area contributed by atoms with E-state index in [0.717, 1.165) is 28.6 Å². The molecule has 0 fully saturated rings. The highest BCUT2D eigenvalue weighted by molar-refractivity contribution is 5.81. The Morgan fingerprint density at radius 2 is 1.95 bits per heavy atom. The molecule has 0 bridgehead atoms. The van der Waals surface area contributed by atoms with Gasteiger partial charge in [-0.3, -0.25) is 9.78 Å². The van der Waals surface area contributed by atoms with Crippen LogP contribution < -0.4 is 0 Å². The average Bonchev–Trinajstić information content (AvgIpc) is 2.44. The van der Waals surface area contributed by atoms with E-state index in [-0.39, 0.29) is 12.4 Å². The van der Waals surface area contributed by atoms with Crippen molar-refractivity contribution in [3.05, 3.63) is 47.7 Å². The van der Waals surface area contributed by atoms with Crippen LogP contribution in [0.15, 0.2) is 36.4 Å². The summed E-state index contributed by atoms with van der Waals surface area (Å²) >= 11 is 0. The molecule has 0 aliphatic carbocycles. The molecule has 3 heteroatoms. The number of aromatic nitrogens is 1. The van der Waals surface area contributed by atoms with Gasteiger partial charge in [0.1, 0.15) is 5.60 Å². The first kappa shape index (κ1) is 16.2. The number of hydrogen-bond donors (Lipinski definition) is 0. The Kier molecular flexibility index (Phi) is 4.96. The summed E-state index contributed by atoms with van der Waals surface area (Å²) in [5, 5.41) is 1.13. The summed E-state index contributed by atoms with van der Waals surface area (Å²) in [5.74, 6) is -0.212. The van der Waals surface area contributed by atoms with E-state index < -0.39 is 5.60 Å². The molecule has 0 unspecified atom stereocenters. The lowest BCUT2D eigenvalue weighted by molar-refractivity contribution is -0.153. The van der Waals surface area contributed by atoms with Crippen LogP contribution >= 0.6 is 0 Å². The highest BCUT2D eigenvalue weighted by atomic mass is 16.6. The van der Waals surface area contributed by atoms with Gasteiger partial charge in [-0.1, -0.05) is 37.3 Å². The first-order valence-electron chi connectivity index (χ1n) is 7.65. The fourth-order valence-electron chi connectivity index (χ4n) is 2.15. The highest BCUT2D eigenvalue weighted by Gasteiger charge is 2.14. The number of fused-ring (bicyclic) bond motifs is 1. The van der Waals surface area contributed by atoms with Gasteiger partial charge >= 0.3 is 5.97 Å². The van der Waals surface area contributed by atoms with Crippen LogP contribution in [0.1, 0.15) is 45.4 Å². The lowest BCUT2D eigenvalue weighted by Crippen LogP contribution is -2.23. The van der Waals surface area contributed by atoms with Crippen molar-refractivity contribution in [3.8, 4) is 0 Å². The number of nitrogens with zero attached hydrogens (tertiary/aromatic N) is 1. The van der Waals surface area contributed by atoms with Gasteiger partial charge in [0.2, 0.25) is 0 Å². The number of benzene rings is 1. The standard InChI is InChI=1S/C19H23NO2/c1-5-16-12-11-15-10-9-14(13-17(15)20-16)7-6-8-18(21)22-19(2,3)4/h6-7,9-13H,5,8H2,1-4H3. The maximum atomic E-state index is 11.7. The largest absolute Gasteiger partial charge is 0.460 e. The predicted molar refractivity (Wildman–Crippen MR) is 90.6 cm³/mol. The van der Waals surface area contributed by atoms with Crippen molar-refractivity contribution in [1.29, 1.82) is 0 Å². The van der Waals surface area contributed by atoms with Crippen molar-refractivity contribution in [1.82, 2.24) is 4.98 Å². The molecule has 0 spiro atoms. The summed E-state index contributed by atoms with van der Waals surface area (Å²) in [4.78, 5) is 16.3. The molecule has 0 saturated carbocycles. The minimum Gasteiger partial charge on any atom is -0.460 e. The van der Waals surface area contributed by atoms with Crippen molar-refractivity contribution in [2.24, 2.45) is 0 Å². The van der Waals surface area contributed by atoms with Crippen LogP contribution in [0.25, 0.3) is 17.0 Å². The van der Waals surface area contributed by atoms with Gasteiger partial charge in [-0.25, -0.2) is 0 Å². The number of rotatable bonds is 4. The predicted octanol–water partition coefficient (Wildman–Crippen LogP) is 4.54. The Hall–Kier alpha value is -2.16. The highest BCUT2D eigenvalue weighted by Crippen LogP contribution is 2.16. The molecule has 0 radical (unpaired) electrons. The lowest BCUT2D eigenvalue weighted by atomic mass is 10.1. The molecule has 1 heterocycles. The van der Waals surface area contributed by atoms with Gasteiger partial charge in [-0.15, -0.1) is 0 Å². The molecule has 0 aliphatic rings. The zero-order valence-electron chi connectivity index (χ0n) is 13.7. The van der Waals surface area contributed by atoms with E-state index in [1.54, 1.807) is 0 Å². The summed E-state index contributed by atoms with van der Waals surface area (Å²) in [6.45, 7) is 7.71. The summed E-state index contributed by atoms with van der Waals surface area (Å²) < 4.78 is 5.27. The quantitative estimate of drug-likeness (QED) is 0.778. The number of carbonyl (C=O) groups excluding carboxylic acids is 1. The summed E-state index contributed by atoms with van der Waals surface area (Å²) in [7, 11) is 0. The second-order valence-corrected chi connectivity index (χ2v) is 6.30. The molecular weight excluding hydrogens is 274 g/mol. The number of aryl methyl sites for hydroxylation is 1. The van der Waals surface area contributed by atoms with E-state index >= 15 is 0 Å². The molecule has 0 N–H and O–H groups in total. The lowest BCUT2D eigenvalue weighted by Gasteiger charge is -2.18. The van der Waals surface area contributed by atoms with E-state index in [4.69, 9.17) is 4.74 Å². The summed E-state index contributed by atoms with van der Waals surface area (Å²) in [6, 6.07) is 10.3. The van der Waals surface area contributed by atoms with E-state index in [1.807, 2.05) is 45.1 Å². The molecule has 2 rings (SSSR count). The van der Waals surface area contributed by atoms with Gasteiger partial charge in [0.05, 0.1) is 11.9 Å². The van der Waals surface area contributed by atoms with Gasteiger partial charge in [0.15, 0.2) is 0 Å². The average molecular weight is 297 g/mol. The third kappa shape index (κ3) is 4.69. The van der Waals surface area contributed by atoms with Crippen LogP contribution in [0, 0.1) is 0 Å². The van der Waals surface area contributed by atoms with Crippen molar-refractivity contribution in [2.75, 3.05) is 0 Å². The zero-order valence-corrected chi connectivity index (χ0v) is 13.7. The molecule has 1 aromatic carbocycles. The molecule has 1 aromatic heterocycles. The van der Waals surface area contributed by atoms with E-state index in [9.17, 15) is 4.79 Å². The number of esters is 1. The fourth-order valence-corrected chi connectivity index (χ4v) is 2.15. The Morgan fingerprint density at radius 1 is 1.23 bits per heavy atom. The van der Waals surface area contributed by atoms with Crippen LogP contribution in [0.5, 0.6) is 0 Å². The van der Waals surface area contributed by atoms with E-state index in [2.05, 4.69) is 30.1 Å². The molecule has 22 heavy (non-hydrogen) atoms. The third-order valence-corrected chi connectivity index (χ3v) is 3.15. The summed E-state index contributed by atoms with van der Waals surface area (Å²) in [5.41, 5.74) is 2.67. The second kappa shape index (κ2) is 6.73. The third-order valence-electron chi connectivity index (χ3n) is 3.15. The smallest absolute Gasteiger partial charge is 0.310 e. The number of carbonyl (C=O) groups is 1. The second-order valence-electron chi connectivity index (χ2n) is 6.30. The number of hydrogen-bond acceptors (Lipinski definition) is 3. The normalized spacial score (nSPS) is 12.0. The first-order chi connectivity index (χ1) is 10.4. The fraction of sp³-hybridized carbons (Fsp3) is 0.368. The van der Waals surface area contributed by atoms with Gasteiger partial charge in [-0.05, 0) is 44.9 Å². The van der Waals surface area contributed by atoms with E-state index in [1.165, 1.54) is 0 Å². The van der Waals surface area contributed by atoms with Gasteiger partial charge in [0.25, 0.3) is 0 Å². The molecule has 2 aromatic rings. The summed E-state index contributed by atoms with van der Waals surface area (Å²) in [6.07, 6.45) is 4.97. The Labute approximate surface area is 132 Å². The van der Waals surface area contributed by atoms with Crippen LogP contribution in [0.3, 0.4) is 0 Å². The van der Waals surface area contributed by atoms with Crippen LogP contribution in [-0.2, 0) is 16.0 Å². The number of pyridine rings is 1. The van der Waals surface area contributed by atoms with Gasteiger partial charge in [0, 0.05) is 11.1 Å². The zero-order chi connectivity index (χ0) is 16.2. The maximum Gasteiger partial charge on any atom is 0.310 e. The Morgan fingerprint density at radius 3 is 2.64 bits per heavy atom. The molecular formula is C19H23NO2. The van der Waals surface area contributed by atoms with Crippen LogP contribution in [0.2, 0.25) is 0 Å². The van der Waals surface area contributed by atoms with Gasteiger partial charge < -0.3 is 4.74 Å². The Bertz CT molecular complexity index is 696. The Balaban J connectivity index is 2.08. The molecule has 0 saturated heterocycles. The molecule has 3 nitrogen and oxygen atoms in total. The van der Waals surface area contributed by atoms with Crippen molar-refractivity contribution in [3.63, 3.8) is 0 Å². The van der Waals surface area contributed by atoms with E-state index in [0.29, 0.717) is 0 Å². The SMILES string of the molecule is CCc1ccc2ccc(C=CCC(=O)OC(C)(C)C)cc2n1.